The van der Waals surface area contributed by atoms with E-state index in [0.717, 1.165) is 32.1 Å². The number of amides is 1. The molecule has 118 valence electrons. The zero-order valence-corrected chi connectivity index (χ0v) is 12.8. The van der Waals surface area contributed by atoms with Crippen molar-refractivity contribution in [1.29, 1.82) is 0 Å². The lowest BCUT2D eigenvalue weighted by molar-refractivity contribution is -0.153. The van der Waals surface area contributed by atoms with E-state index in [1.807, 2.05) is 23.1 Å². The summed E-state index contributed by atoms with van der Waals surface area (Å²) in [5.41, 5.74) is 0.907. The molecule has 3 rings (SSSR count). The molecule has 0 unspecified atom stereocenters. The zero-order valence-electron chi connectivity index (χ0n) is 12.8. The molecule has 1 N–H and O–H groups in total. The average molecular weight is 301 g/mol. The van der Waals surface area contributed by atoms with Gasteiger partial charge in [0.1, 0.15) is 0 Å². The summed E-state index contributed by atoms with van der Waals surface area (Å²) in [6, 6.07) is 10.1. The number of carboxylic acids is 1. The smallest absolute Gasteiger partial charge is 0.308 e. The van der Waals surface area contributed by atoms with Crippen LogP contribution in [0, 0.1) is 11.3 Å². The zero-order chi connectivity index (χ0) is 15.6. The molecule has 0 bridgehead atoms. The normalized spacial score (nSPS) is 23.6. The first-order chi connectivity index (χ1) is 10.6. The van der Waals surface area contributed by atoms with Gasteiger partial charge in [0.15, 0.2) is 0 Å². The summed E-state index contributed by atoms with van der Waals surface area (Å²) < 4.78 is 0. The van der Waals surface area contributed by atoms with Crippen LogP contribution in [0.5, 0.6) is 0 Å². The highest BCUT2D eigenvalue weighted by atomic mass is 16.4. The van der Waals surface area contributed by atoms with E-state index < -0.39 is 11.9 Å². The summed E-state index contributed by atoms with van der Waals surface area (Å²) in [6.45, 7) is 1.09. The monoisotopic (exact) mass is 301 g/mol. The Balaban J connectivity index is 1.72. The Morgan fingerprint density at radius 2 is 1.91 bits per heavy atom. The van der Waals surface area contributed by atoms with Crippen LogP contribution < -0.4 is 0 Å². The van der Waals surface area contributed by atoms with E-state index in [-0.39, 0.29) is 11.3 Å². The lowest BCUT2D eigenvalue weighted by Gasteiger charge is -2.45. The molecule has 1 aromatic carbocycles. The van der Waals surface area contributed by atoms with Crippen LogP contribution in [0.25, 0.3) is 0 Å². The predicted molar refractivity (Wildman–Crippen MR) is 83.4 cm³/mol. The fraction of sp³-hybridized carbons (Fsp3) is 0.556. The molecule has 0 aromatic heterocycles. The first-order valence-corrected chi connectivity index (χ1v) is 8.17. The highest BCUT2D eigenvalue weighted by Gasteiger charge is 2.47. The van der Waals surface area contributed by atoms with Gasteiger partial charge < -0.3 is 10.0 Å². The van der Waals surface area contributed by atoms with E-state index in [2.05, 4.69) is 12.1 Å². The molecule has 1 atom stereocenters. The minimum absolute atomic E-state index is 0.175. The molecule has 22 heavy (non-hydrogen) atoms. The van der Waals surface area contributed by atoms with Crippen LogP contribution in [-0.2, 0) is 16.0 Å². The fourth-order valence-corrected chi connectivity index (χ4v) is 3.75. The molecule has 4 heteroatoms. The summed E-state index contributed by atoms with van der Waals surface area (Å²) >= 11 is 0. The summed E-state index contributed by atoms with van der Waals surface area (Å²) in [6.07, 6.45) is 5.20. The maximum atomic E-state index is 13.0. The second kappa shape index (κ2) is 6.11. The largest absolute Gasteiger partial charge is 0.481 e. The van der Waals surface area contributed by atoms with Gasteiger partial charge in [-0.25, -0.2) is 0 Å². The van der Waals surface area contributed by atoms with E-state index in [4.69, 9.17) is 0 Å². The van der Waals surface area contributed by atoms with Crippen LogP contribution in [0.2, 0.25) is 0 Å². The molecule has 1 aromatic rings. The molecule has 1 saturated carbocycles. The third kappa shape index (κ3) is 2.87. The van der Waals surface area contributed by atoms with Gasteiger partial charge in [-0.05, 0) is 37.7 Å². The molecule has 2 fully saturated rings. The van der Waals surface area contributed by atoms with Gasteiger partial charge >= 0.3 is 5.97 Å². The molecule has 1 amide bonds. The second-order valence-corrected chi connectivity index (χ2v) is 6.72. The maximum Gasteiger partial charge on any atom is 0.308 e. The van der Waals surface area contributed by atoms with Crippen molar-refractivity contribution in [2.75, 3.05) is 13.1 Å². The number of likely N-dealkylation sites (tertiary alicyclic amines) is 1. The highest BCUT2D eigenvalue weighted by Crippen LogP contribution is 2.45. The minimum Gasteiger partial charge on any atom is -0.481 e. The van der Waals surface area contributed by atoms with Crippen molar-refractivity contribution in [2.45, 2.75) is 38.5 Å². The van der Waals surface area contributed by atoms with E-state index in [9.17, 15) is 14.7 Å². The molecule has 2 aliphatic rings. The Hall–Kier alpha value is -1.84. The van der Waals surface area contributed by atoms with Crippen molar-refractivity contribution in [3.05, 3.63) is 35.9 Å². The van der Waals surface area contributed by atoms with Crippen molar-refractivity contribution in [2.24, 2.45) is 11.3 Å². The molecule has 1 aliphatic carbocycles. The lowest BCUT2D eigenvalue weighted by atomic mass is 9.64. The molecule has 0 spiro atoms. The number of hydrogen-bond donors (Lipinski definition) is 1. The van der Waals surface area contributed by atoms with Crippen LogP contribution in [0.1, 0.15) is 37.7 Å². The van der Waals surface area contributed by atoms with Crippen molar-refractivity contribution in [3.63, 3.8) is 0 Å². The van der Waals surface area contributed by atoms with E-state index >= 15 is 0 Å². The van der Waals surface area contributed by atoms with Gasteiger partial charge in [-0.1, -0.05) is 36.8 Å². The number of rotatable bonds is 4. The van der Waals surface area contributed by atoms with Gasteiger partial charge in [0.25, 0.3) is 0 Å². The fourth-order valence-electron chi connectivity index (χ4n) is 3.75. The van der Waals surface area contributed by atoms with Crippen LogP contribution in [0.4, 0.5) is 0 Å². The molecule has 1 aliphatic heterocycles. The van der Waals surface area contributed by atoms with E-state index in [1.54, 1.807) is 0 Å². The average Bonchev–Trinajstić information content (AvgIpc) is 2.51. The molecule has 1 saturated heterocycles. The highest BCUT2D eigenvalue weighted by molar-refractivity contribution is 5.84. The number of hydrogen-bond acceptors (Lipinski definition) is 2. The van der Waals surface area contributed by atoms with Gasteiger partial charge in [0, 0.05) is 13.1 Å². The SMILES string of the molecule is O=C(O)[C@@H]1CCCN(C(=O)C2(Cc3ccccc3)CCC2)C1. The van der Waals surface area contributed by atoms with Gasteiger partial charge in [-0.3, -0.25) is 9.59 Å². The summed E-state index contributed by atoms with van der Waals surface area (Å²) in [7, 11) is 0. The maximum absolute atomic E-state index is 13.0. The third-order valence-electron chi connectivity index (χ3n) is 5.21. The topological polar surface area (TPSA) is 57.6 Å². The number of piperidine rings is 1. The van der Waals surface area contributed by atoms with Gasteiger partial charge in [-0.15, -0.1) is 0 Å². The Morgan fingerprint density at radius 1 is 1.18 bits per heavy atom. The predicted octanol–water partition coefficient (Wildman–Crippen LogP) is 2.72. The van der Waals surface area contributed by atoms with Crippen molar-refractivity contribution < 1.29 is 14.7 Å². The van der Waals surface area contributed by atoms with Crippen LogP contribution in [0.15, 0.2) is 30.3 Å². The minimum atomic E-state index is -0.775. The summed E-state index contributed by atoms with van der Waals surface area (Å²) in [5.74, 6) is -0.997. The molecule has 4 nitrogen and oxygen atoms in total. The standard InChI is InChI=1S/C18H23NO3/c20-16(21)15-8-4-11-19(13-15)17(22)18(9-5-10-18)12-14-6-2-1-3-7-14/h1-3,6-7,15H,4-5,8-13H2,(H,20,21)/t15-/m1/s1. The number of carbonyl (C=O) groups excluding carboxylic acids is 1. The van der Waals surface area contributed by atoms with Crippen LogP contribution in [-0.4, -0.2) is 35.0 Å². The second-order valence-electron chi connectivity index (χ2n) is 6.72. The number of benzene rings is 1. The summed E-state index contributed by atoms with van der Waals surface area (Å²) in [5, 5.41) is 9.21. The van der Waals surface area contributed by atoms with Gasteiger partial charge in [-0.2, -0.15) is 0 Å². The summed E-state index contributed by atoms with van der Waals surface area (Å²) in [4.78, 5) is 26.0. The third-order valence-corrected chi connectivity index (χ3v) is 5.21. The number of carboxylic acid groups (broad SMARTS) is 1. The molecule has 1 heterocycles. The van der Waals surface area contributed by atoms with Crippen molar-refractivity contribution in [1.82, 2.24) is 4.90 Å². The van der Waals surface area contributed by atoms with E-state index in [1.165, 1.54) is 5.56 Å². The molecular formula is C18H23NO3. The van der Waals surface area contributed by atoms with Crippen molar-refractivity contribution in [3.8, 4) is 0 Å². The van der Waals surface area contributed by atoms with Crippen molar-refractivity contribution >= 4 is 11.9 Å². The van der Waals surface area contributed by atoms with Gasteiger partial charge in [0.05, 0.1) is 11.3 Å². The quantitative estimate of drug-likeness (QED) is 0.930. The molecular weight excluding hydrogens is 278 g/mol. The number of aliphatic carboxylic acids is 1. The molecule has 0 radical (unpaired) electrons. The van der Waals surface area contributed by atoms with Crippen LogP contribution in [0.3, 0.4) is 0 Å². The Bertz CT molecular complexity index is 551. The number of carbonyl (C=O) groups is 2. The Labute approximate surface area is 131 Å². The van der Waals surface area contributed by atoms with Gasteiger partial charge in [0.2, 0.25) is 5.91 Å². The van der Waals surface area contributed by atoms with Crippen LogP contribution >= 0.6 is 0 Å². The Kier molecular flexibility index (Phi) is 4.19. The first kappa shape index (κ1) is 15.1. The Morgan fingerprint density at radius 3 is 2.50 bits per heavy atom. The lowest BCUT2D eigenvalue weighted by Crippen LogP contribution is -2.52. The first-order valence-electron chi connectivity index (χ1n) is 8.17. The number of nitrogens with zero attached hydrogens (tertiary/aromatic N) is 1. The van der Waals surface area contributed by atoms with E-state index in [0.29, 0.717) is 19.5 Å².